The molecule has 1 saturated carbocycles. The normalized spacial score (nSPS) is 21.9. The summed E-state index contributed by atoms with van der Waals surface area (Å²) in [7, 11) is 0. The SMILES string of the molecule is Clc1cc2c(cc1CC1CCCC1)CCC2n1cnnn1. The van der Waals surface area contributed by atoms with Crippen LogP contribution in [0.1, 0.15) is 54.8 Å². The highest BCUT2D eigenvalue weighted by atomic mass is 35.5. The minimum absolute atomic E-state index is 0.244. The van der Waals surface area contributed by atoms with Crippen molar-refractivity contribution in [1.29, 1.82) is 0 Å². The van der Waals surface area contributed by atoms with Gasteiger partial charge in [-0.3, -0.25) is 0 Å². The Morgan fingerprint density at radius 1 is 1.19 bits per heavy atom. The second-order valence-electron chi connectivity index (χ2n) is 6.34. The third kappa shape index (κ3) is 2.46. The molecule has 21 heavy (non-hydrogen) atoms. The molecule has 1 aromatic carbocycles. The quantitative estimate of drug-likeness (QED) is 0.870. The van der Waals surface area contributed by atoms with Crippen LogP contribution in [-0.4, -0.2) is 20.2 Å². The van der Waals surface area contributed by atoms with Gasteiger partial charge in [0.05, 0.1) is 6.04 Å². The molecule has 2 aliphatic carbocycles. The number of fused-ring (bicyclic) bond motifs is 1. The summed E-state index contributed by atoms with van der Waals surface area (Å²) >= 11 is 6.55. The highest BCUT2D eigenvalue weighted by molar-refractivity contribution is 6.31. The van der Waals surface area contributed by atoms with E-state index in [9.17, 15) is 0 Å². The third-order valence-corrected chi connectivity index (χ3v) is 5.37. The average Bonchev–Trinajstić information content (AvgIpc) is 3.18. The molecule has 0 saturated heterocycles. The monoisotopic (exact) mass is 302 g/mol. The standard InChI is InChI=1S/C16H19ClN4/c17-15-9-14-12(5-6-16(14)21-10-18-19-20-21)8-13(15)7-11-3-1-2-4-11/h8-11,16H,1-7H2. The lowest BCUT2D eigenvalue weighted by Crippen LogP contribution is -2.08. The maximum absolute atomic E-state index is 6.55. The van der Waals surface area contributed by atoms with Crippen molar-refractivity contribution >= 4 is 11.6 Å². The lowest BCUT2D eigenvalue weighted by molar-refractivity contribution is 0.504. The summed E-state index contributed by atoms with van der Waals surface area (Å²) in [4.78, 5) is 0. The van der Waals surface area contributed by atoms with E-state index in [2.05, 4.69) is 27.7 Å². The lowest BCUT2D eigenvalue weighted by atomic mass is 9.95. The van der Waals surface area contributed by atoms with Crippen molar-refractivity contribution in [3.63, 3.8) is 0 Å². The molecule has 1 atom stereocenters. The van der Waals surface area contributed by atoms with Crippen LogP contribution in [0.3, 0.4) is 0 Å². The number of aryl methyl sites for hydroxylation is 1. The Kier molecular flexibility index (Phi) is 3.42. The number of halogens is 1. The van der Waals surface area contributed by atoms with Crippen LogP contribution in [0.4, 0.5) is 0 Å². The smallest absolute Gasteiger partial charge is 0.138 e. The zero-order valence-corrected chi connectivity index (χ0v) is 12.8. The lowest BCUT2D eigenvalue weighted by Gasteiger charge is -2.15. The van der Waals surface area contributed by atoms with Crippen LogP contribution in [0.15, 0.2) is 18.5 Å². The Morgan fingerprint density at radius 3 is 2.81 bits per heavy atom. The molecule has 1 fully saturated rings. The van der Waals surface area contributed by atoms with Crippen molar-refractivity contribution in [2.45, 2.75) is 51.0 Å². The largest absolute Gasteiger partial charge is 0.225 e. The molecule has 1 aromatic heterocycles. The van der Waals surface area contributed by atoms with E-state index >= 15 is 0 Å². The Morgan fingerprint density at radius 2 is 2.05 bits per heavy atom. The first kappa shape index (κ1) is 13.3. The molecule has 2 aromatic rings. The van der Waals surface area contributed by atoms with Crippen LogP contribution < -0.4 is 0 Å². The Hall–Kier alpha value is -1.42. The molecule has 1 unspecified atom stereocenters. The van der Waals surface area contributed by atoms with E-state index < -0.39 is 0 Å². The maximum atomic E-state index is 6.55. The van der Waals surface area contributed by atoms with Crippen LogP contribution in [-0.2, 0) is 12.8 Å². The molecule has 110 valence electrons. The van der Waals surface area contributed by atoms with E-state index in [1.807, 2.05) is 4.68 Å². The van der Waals surface area contributed by atoms with Gasteiger partial charge in [-0.05, 0) is 58.4 Å². The van der Waals surface area contributed by atoms with Crippen LogP contribution in [0, 0.1) is 5.92 Å². The van der Waals surface area contributed by atoms with Crippen LogP contribution in [0.5, 0.6) is 0 Å². The molecule has 0 amide bonds. The van der Waals surface area contributed by atoms with Gasteiger partial charge >= 0.3 is 0 Å². The molecule has 0 spiro atoms. The number of hydrogen-bond donors (Lipinski definition) is 0. The minimum atomic E-state index is 0.244. The maximum Gasteiger partial charge on any atom is 0.138 e. The molecule has 1 heterocycles. The van der Waals surface area contributed by atoms with Gasteiger partial charge < -0.3 is 0 Å². The molecule has 5 heteroatoms. The minimum Gasteiger partial charge on any atom is -0.225 e. The van der Waals surface area contributed by atoms with E-state index in [4.69, 9.17) is 11.6 Å². The Balaban J connectivity index is 1.63. The van der Waals surface area contributed by atoms with Crippen molar-refractivity contribution in [3.05, 3.63) is 40.2 Å². The third-order valence-electron chi connectivity index (χ3n) is 5.02. The van der Waals surface area contributed by atoms with E-state index in [0.29, 0.717) is 0 Å². The molecule has 0 radical (unpaired) electrons. The number of aromatic nitrogens is 4. The number of hydrogen-bond acceptors (Lipinski definition) is 3. The van der Waals surface area contributed by atoms with Gasteiger partial charge in [0, 0.05) is 5.02 Å². The average molecular weight is 303 g/mol. The van der Waals surface area contributed by atoms with Gasteiger partial charge in [0.1, 0.15) is 6.33 Å². The fraction of sp³-hybridized carbons (Fsp3) is 0.562. The number of benzene rings is 1. The zero-order valence-electron chi connectivity index (χ0n) is 12.0. The fourth-order valence-corrected chi connectivity index (χ4v) is 4.18. The summed E-state index contributed by atoms with van der Waals surface area (Å²) in [5.74, 6) is 0.831. The summed E-state index contributed by atoms with van der Waals surface area (Å²) in [6.45, 7) is 0. The highest BCUT2D eigenvalue weighted by Gasteiger charge is 2.27. The molecular weight excluding hydrogens is 284 g/mol. The topological polar surface area (TPSA) is 43.6 Å². The van der Waals surface area contributed by atoms with Crippen molar-refractivity contribution in [1.82, 2.24) is 20.2 Å². The van der Waals surface area contributed by atoms with Gasteiger partial charge in [-0.2, -0.15) is 0 Å². The predicted octanol–water partition coefficient (Wildman–Crippen LogP) is 3.59. The second-order valence-corrected chi connectivity index (χ2v) is 6.75. The summed E-state index contributed by atoms with van der Waals surface area (Å²) < 4.78 is 1.85. The Bertz CT molecular complexity index is 632. The van der Waals surface area contributed by atoms with E-state index in [1.165, 1.54) is 42.4 Å². The van der Waals surface area contributed by atoms with Crippen molar-refractivity contribution in [2.75, 3.05) is 0 Å². The van der Waals surface area contributed by atoms with Gasteiger partial charge in [0.25, 0.3) is 0 Å². The van der Waals surface area contributed by atoms with E-state index in [0.717, 1.165) is 30.2 Å². The van der Waals surface area contributed by atoms with Gasteiger partial charge in [-0.15, -0.1) is 5.10 Å². The molecular formula is C16H19ClN4. The van der Waals surface area contributed by atoms with Crippen LogP contribution >= 0.6 is 11.6 Å². The summed E-state index contributed by atoms with van der Waals surface area (Å²) in [5.41, 5.74) is 4.05. The first-order valence-corrected chi connectivity index (χ1v) is 8.23. The molecule has 0 N–H and O–H groups in total. The highest BCUT2D eigenvalue weighted by Crippen LogP contribution is 2.38. The van der Waals surface area contributed by atoms with E-state index in [-0.39, 0.29) is 6.04 Å². The van der Waals surface area contributed by atoms with Crippen molar-refractivity contribution in [2.24, 2.45) is 5.92 Å². The van der Waals surface area contributed by atoms with Gasteiger partial charge in [-0.25, -0.2) is 4.68 Å². The zero-order chi connectivity index (χ0) is 14.2. The number of rotatable bonds is 3. The fourth-order valence-electron chi connectivity index (χ4n) is 3.93. The molecule has 0 bridgehead atoms. The van der Waals surface area contributed by atoms with E-state index in [1.54, 1.807) is 6.33 Å². The molecule has 4 nitrogen and oxygen atoms in total. The first-order chi connectivity index (χ1) is 10.3. The first-order valence-electron chi connectivity index (χ1n) is 7.85. The number of tetrazole rings is 1. The second kappa shape index (κ2) is 5.41. The van der Waals surface area contributed by atoms with Crippen molar-refractivity contribution in [3.8, 4) is 0 Å². The van der Waals surface area contributed by atoms with Crippen LogP contribution in [0.25, 0.3) is 0 Å². The van der Waals surface area contributed by atoms with Gasteiger partial charge in [0.15, 0.2) is 0 Å². The van der Waals surface area contributed by atoms with Crippen LogP contribution in [0.2, 0.25) is 5.02 Å². The molecule has 0 aliphatic heterocycles. The summed E-state index contributed by atoms with van der Waals surface area (Å²) in [5, 5.41) is 12.5. The summed E-state index contributed by atoms with van der Waals surface area (Å²) in [6.07, 6.45) is 10.5. The predicted molar refractivity (Wildman–Crippen MR) is 81.4 cm³/mol. The Labute approximate surface area is 129 Å². The number of nitrogens with zero attached hydrogens (tertiary/aromatic N) is 4. The van der Waals surface area contributed by atoms with Gasteiger partial charge in [0.2, 0.25) is 0 Å². The van der Waals surface area contributed by atoms with Crippen molar-refractivity contribution < 1.29 is 0 Å². The molecule has 4 rings (SSSR count). The summed E-state index contributed by atoms with van der Waals surface area (Å²) in [6, 6.07) is 4.73. The van der Waals surface area contributed by atoms with Gasteiger partial charge in [-0.1, -0.05) is 43.4 Å². The molecule has 2 aliphatic rings.